The SMILES string of the molecule is CCCNC1CCC(CC)CC1N(CC)CC1CCC1. The zero-order valence-electron chi connectivity index (χ0n) is 14.0. The largest absolute Gasteiger partial charge is 0.312 e. The van der Waals surface area contributed by atoms with Gasteiger partial charge in [0.2, 0.25) is 0 Å². The van der Waals surface area contributed by atoms with E-state index in [0.29, 0.717) is 0 Å². The molecule has 1 N–H and O–H groups in total. The molecule has 2 rings (SSSR count). The topological polar surface area (TPSA) is 15.3 Å². The predicted molar refractivity (Wildman–Crippen MR) is 88.1 cm³/mol. The molecule has 2 aliphatic rings. The number of hydrogen-bond acceptors (Lipinski definition) is 2. The third-order valence-corrected chi connectivity index (χ3v) is 5.75. The lowest BCUT2D eigenvalue weighted by molar-refractivity contribution is 0.0710. The van der Waals surface area contributed by atoms with Crippen LogP contribution in [0.4, 0.5) is 0 Å². The first kappa shape index (κ1) is 16.3. The van der Waals surface area contributed by atoms with Gasteiger partial charge in [0.05, 0.1) is 0 Å². The highest BCUT2D eigenvalue weighted by atomic mass is 15.2. The van der Waals surface area contributed by atoms with Crippen LogP contribution in [-0.4, -0.2) is 36.6 Å². The highest BCUT2D eigenvalue weighted by molar-refractivity contribution is 4.92. The van der Waals surface area contributed by atoms with Crippen molar-refractivity contribution in [2.45, 2.75) is 84.2 Å². The summed E-state index contributed by atoms with van der Waals surface area (Å²) in [7, 11) is 0. The third-order valence-electron chi connectivity index (χ3n) is 5.75. The Kier molecular flexibility index (Phi) is 6.83. The lowest BCUT2D eigenvalue weighted by Gasteiger charge is -2.45. The van der Waals surface area contributed by atoms with Crippen molar-refractivity contribution >= 4 is 0 Å². The van der Waals surface area contributed by atoms with Crippen molar-refractivity contribution in [1.29, 1.82) is 0 Å². The summed E-state index contributed by atoms with van der Waals surface area (Å²) in [5, 5.41) is 3.85. The van der Waals surface area contributed by atoms with E-state index in [0.717, 1.165) is 23.9 Å². The van der Waals surface area contributed by atoms with Gasteiger partial charge in [-0.3, -0.25) is 4.90 Å². The standard InChI is InChI=1S/C18H36N2/c1-4-12-19-17-11-10-15(5-2)13-18(17)20(6-3)14-16-8-7-9-16/h15-19H,4-14H2,1-3H3. The molecule has 3 unspecified atom stereocenters. The quantitative estimate of drug-likeness (QED) is 0.721. The van der Waals surface area contributed by atoms with Crippen molar-refractivity contribution < 1.29 is 0 Å². The van der Waals surface area contributed by atoms with Crippen molar-refractivity contribution in [3.05, 3.63) is 0 Å². The minimum atomic E-state index is 0.748. The summed E-state index contributed by atoms with van der Waals surface area (Å²) < 4.78 is 0. The van der Waals surface area contributed by atoms with Crippen LogP contribution in [0.15, 0.2) is 0 Å². The van der Waals surface area contributed by atoms with Crippen LogP contribution >= 0.6 is 0 Å². The summed E-state index contributed by atoms with van der Waals surface area (Å²) in [6, 6.07) is 1.55. The molecule has 20 heavy (non-hydrogen) atoms. The average Bonchev–Trinajstić information content (AvgIpc) is 2.44. The average molecular weight is 280 g/mol. The molecule has 0 heterocycles. The Morgan fingerprint density at radius 2 is 1.80 bits per heavy atom. The van der Waals surface area contributed by atoms with Crippen molar-refractivity contribution in [1.82, 2.24) is 10.2 Å². The maximum atomic E-state index is 3.85. The number of hydrogen-bond donors (Lipinski definition) is 1. The summed E-state index contributed by atoms with van der Waals surface area (Å²) in [6.07, 6.45) is 11.3. The van der Waals surface area contributed by atoms with E-state index >= 15 is 0 Å². The van der Waals surface area contributed by atoms with Crippen molar-refractivity contribution in [2.75, 3.05) is 19.6 Å². The molecule has 0 aliphatic heterocycles. The molecule has 3 atom stereocenters. The molecular weight excluding hydrogens is 244 g/mol. The van der Waals surface area contributed by atoms with Crippen molar-refractivity contribution in [2.24, 2.45) is 11.8 Å². The minimum Gasteiger partial charge on any atom is -0.312 e. The van der Waals surface area contributed by atoms with E-state index in [9.17, 15) is 0 Å². The molecule has 0 bridgehead atoms. The predicted octanol–water partition coefficient (Wildman–Crippen LogP) is 4.06. The fourth-order valence-corrected chi connectivity index (χ4v) is 4.08. The van der Waals surface area contributed by atoms with E-state index in [2.05, 4.69) is 31.0 Å². The maximum Gasteiger partial charge on any atom is 0.0251 e. The van der Waals surface area contributed by atoms with Crippen LogP contribution in [0.25, 0.3) is 0 Å². The van der Waals surface area contributed by atoms with Crippen molar-refractivity contribution in [3.63, 3.8) is 0 Å². The van der Waals surface area contributed by atoms with Crippen molar-refractivity contribution in [3.8, 4) is 0 Å². The zero-order chi connectivity index (χ0) is 14.4. The Morgan fingerprint density at radius 1 is 1.00 bits per heavy atom. The summed E-state index contributed by atoms with van der Waals surface area (Å²) in [4.78, 5) is 2.82. The van der Waals surface area contributed by atoms with Gasteiger partial charge in [-0.15, -0.1) is 0 Å². The molecule has 2 saturated carbocycles. The van der Waals surface area contributed by atoms with E-state index < -0.39 is 0 Å². The molecular formula is C18H36N2. The summed E-state index contributed by atoms with van der Waals surface area (Å²) >= 11 is 0. The third kappa shape index (κ3) is 4.21. The van der Waals surface area contributed by atoms with E-state index in [1.54, 1.807) is 0 Å². The molecule has 0 aromatic rings. The highest BCUT2D eigenvalue weighted by Gasteiger charge is 2.34. The van der Waals surface area contributed by atoms with Gasteiger partial charge in [0.25, 0.3) is 0 Å². The van der Waals surface area contributed by atoms with E-state index in [4.69, 9.17) is 0 Å². The Hall–Kier alpha value is -0.0800. The lowest BCUT2D eigenvalue weighted by atomic mass is 9.78. The van der Waals surface area contributed by atoms with Crippen LogP contribution in [0, 0.1) is 11.8 Å². The molecule has 2 aliphatic carbocycles. The second-order valence-electron chi connectivity index (χ2n) is 7.10. The Bertz CT molecular complexity index is 262. The summed E-state index contributed by atoms with van der Waals surface area (Å²) in [5.74, 6) is 1.97. The number of nitrogens with zero attached hydrogens (tertiary/aromatic N) is 1. The van der Waals surface area contributed by atoms with Gasteiger partial charge in [-0.05, 0) is 63.5 Å². The molecule has 2 heteroatoms. The van der Waals surface area contributed by atoms with Crippen LogP contribution in [0.1, 0.15) is 72.1 Å². The maximum absolute atomic E-state index is 3.85. The molecule has 0 aromatic carbocycles. The van der Waals surface area contributed by atoms with Crippen LogP contribution in [-0.2, 0) is 0 Å². The smallest absolute Gasteiger partial charge is 0.0251 e. The molecule has 0 aromatic heterocycles. The second kappa shape index (κ2) is 8.38. The van der Waals surface area contributed by atoms with Gasteiger partial charge in [0.1, 0.15) is 0 Å². The molecule has 0 amide bonds. The minimum absolute atomic E-state index is 0.748. The Morgan fingerprint density at radius 3 is 2.35 bits per heavy atom. The van der Waals surface area contributed by atoms with E-state index in [1.807, 2.05) is 0 Å². The summed E-state index contributed by atoms with van der Waals surface area (Å²) in [6.45, 7) is 10.8. The molecule has 2 nitrogen and oxygen atoms in total. The molecule has 0 saturated heterocycles. The van der Waals surface area contributed by atoms with Crippen LogP contribution in [0.2, 0.25) is 0 Å². The van der Waals surface area contributed by atoms with E-state index in [-0.39, 0.29) is 0 Å². The number of likely N-dealkylation sites (N-methyl/N-ethyl adjacent to an activating group) is 1. The monoisotopic (exact) mass is 280 g/mol. The number of nitrogens with one attached hydrogen (secondary N) is 1. The van der Waals surface area contributed by atoms with Crippen LogP contribution < -0.4 is 5.32 Å². The van der Waals surface area contributed by atoms with Gasteiger partial charge < -0.3 is 5.32 Å². The normalized spacial score (nSPS) is 31.5. The van der Waals surface area contributed by atoms with E-state index in [1.165, 1.54) is 71.0 Å². The molecule has 0 radical (unpaired) electrons. The summed E-state index contributed by atoms with van der Waals surface area (Å²) in [5.41, 5.74) is 0. The molecule has 2 fully saturated rings. The van der Waals surface area contributed by atoms with Gasteiger partial charge in [0.15, 0.2) is 0 Å². The lowest BCUT2D eigenvalue weighted by Crippen LogP contribution is -2.54. The first-order valence-corrected chi connectivity index (χ1v) is 9.25. The Labute approximate surface area is 126 Å². The Balaban J connectivity index is 1.94. The van der Waals surface area contributed by atoms with Crippen LogP contribution in [0.5, 0.6) is 0 Å². The highest BCUT2D eigenvalue weighted by Crippen LogP contribution is 2.33. The van der Waals surface area contributed by atoms with Gasteiger partial charge in [0, 0.05) is 18.6 Å². The van der Waals surface area contributed by atoms with Gasteiger partial charge >= 0.3 is 0 Å². The van der Waals surface area contributed by atoms with Crippen LogP contribution in [0.3, 0.4) is 0 Å². The second-order valence-corrected chi connectivity index (χ2v) is 7.10. The molecule has 0 spiro atoms. The zero-order valence-corrected chi connectivity index (χ0v) is 14.0. The first-order valence-electron chi connectivity index (χ1n) is 9.25. The van der Waals surface area contributed by atoms with Gasteiger partial charge in [-0.1, -0.05) is 33.6 Å². The first-order chi connectivity index (χ1) is 9.78. The fraction of sp³-hybridized carbons (Fsp3) is 1.00. The fourth-order valence-electron chi connectivity index (χ4n) is 4.08. The molecule has 118 valence electrons. The van der Waals surface area contributed by atoms with Gasteiger partial charge in [-0.2, -0.15) is 0 Å². The van der Waals surface area contributed by atoms with Gasteiger partial charge in [-0.25, -0.2) is 0 Å². The number of rotatable bonds is 8.